The van der Waals surface area contributed by atoms with Gasteiger partial charge in [-0.05, 0) is 6.42 Å². The average Bonchev–Trinajstić information content (AvgIpc) is 2.58. The molecule has 0 amide bonds. The van der Waals surface area contributed by atoms with Crippen molar-refractivity contribution in [3.8, 4) is 0 Å². The van der Waals surface area contributed by atoms with Gasteiger partial charge in [-0.3, -0.25) is 4.79 Å². The lowest BCUT2D eigenvalue weighted by Gasteiger charge is -2.22. The highest BCUT2D eigenvalue weighted by Crippen LogP contribution is 2.27. The Morgan fingerprint density at radius 1 is 1.25 bits per heavy atom. The van der Waals surface area contributed by atoms with E-state index in [1.54, 1.807) is 0 Å². The summed E-state index contributed by atoms with van der Waals surface area (Å²) in [6.45, 7) is 4.78. The minimum atomic E-state index is -0.638. The van der Waals surface area contributed by atoms with Crippen LogP contribution in [0.2, 0.25) is 0 Å². The molecule has 0 spiro atoms. The summed E-state index contributed by atoms with van der Waals surface area (Å²) in [4.78, 5) is 11.0. The van der Waals surface area contributed by atoms with Gasteiger partial charge >= 0.3 is 5.97 Å². The summed E-state index contributed by atoms with van der Waals surface area (Å²) in [6, 6.07) is 0. The van der Waals surface area contributed by atoms with Gasteiger partial charge in [-0.15, -0.1) is 0 Å². The van der Waals surface area contributed by atoms with Crippen molar-refractivity contribution in [3.63, 3.8) is 0 Å². The van der Waals surface area contributed by atoms with E-state index in [9.17, 15) is 4.79 Å². The molecule has 0 aliphatic carbocycles. The molecule has 0 aromatic heterocycles. The molecule has 1 atom stereocenters. The van der Waals surface area contributed by atoms with Crippen LogP contribution in [0.25, 0.3) is 0 Å². The van der Waals surface area contributed by atoms with Crippen molar-refractivity contribution < 1.29 is 14.3 Å². The van der Waals surface area contributed by atoms with Gasteiger partial charge in [0.2, 0.25) is 5.79 Å². The standard InChI is InChI=1S/C13H24O3/c1-3-4-5-6-7-8-11-15-13(2)10-9-12(14)16-13/h3-11H2,1-2H3. The number of rotatable bonds is 8. The van der Waals surface area contributed by atoms with Gasteiger partial charge in [0.1, 0.15) is 0 Å². The van der Waals surface area contributed by atoms with Gasteiger partial charge in [0.05, 0.1) is 13.0 Å². The van der Waals surface area contributed by atoms with E-state index in [1.165, 1.54) is 32.1 Å². The van der Waals surface area contributed by atoms with Crippen LogP contribution < -0.4 is 0 Å². The molecular weight excluding hydrogens is 204 g/mol. The Labute approximate surface area is 98.5 Å². The number of ether oxygens (including phenoxy) is 2. The molecule has 1 saturated heterocycles. The lowest BCUT2D eigenvalue weighted by Crippen LogP contribution is -2.28. The molecule has 3 heteroatoms. The van der Waals surface area contributed by atoms with Gasteiger partial charge in [-0.25, -0.2) is 0 Å². The molecule has 1 unspecified atom stereocenters. The molecule has 1 heterocycles. The Balaban J connectivity index is 1.96. The Hall–Kier alpha value is -0.570. The Kier molecular flexibility index (Phi) is 5.81. The Morgan fingerprint density at radius 3 is 2.56 bits per heavy atom. The van der Waals surface area contributed by atoms with Gasteiger partial charge in [0.15, 0.2) is 0 Å². The lowest BCUT2D eigenvalue weighted by atomic mass is 10.1. The van der Waals surface area contributed by atoms with Crippen LogP contribution in [0.3, 0.4) is 0 Å². The molecule has 0 aromatic rings. The summed E-state index contributed by atoms with van der Waals surface area (Å²) in [7, 11) is 0. The van der Waals surface area contributed by atoms with Crippen LogP contribution in [0.15, 0.2) is 0 Å². The van der Waals surface area contributed by atoms with Crippen molar-refractivity contribution in [1.29, 1.82) is 0 Å². The maximum Gasteiger partial charge on any atom is 0.308 e. The third-order valence-corrected chi connectivity index (χ3v) is 3.02. The zero-order valence-electron chi connectivity index (χ0n) is 10.6. The van der Waals surface area contributed by atoms with Crippen LogP contribution in [0.1, 0.15) is 65.2 Å². The molecular formula is C13H24O3. The smallest absolute Gasteiger partial charge is 0.308 e. The van der Waals surface area contributed by atoms with E-state index in [4.69, 9.17) is 9.47 Å². The average molecular weight is 228 g/mol. The summed E-state index contributed by atoms with van der Waals surface area (Å²) >= 11 is 0. The predicted octanol–water partition coefficient (Wildman–Crippen LogP) is 3.42. The lowest BCUT2D eigenvalue weighted by molar-refractivity contribution is -0.203. The number of hydrogen-bond donors (Lipinski definition) is 0. The fourth-order valence-electron chi connectivity index (χ4n) is 1.94. The summed E-state index contributed by atoms with van der Waals surface area (Å²) in [5.41, 5.74) is 0. The number of carbonyl (C=O) groups excluding carboxylic acids is 1. The van der Waals surface area contributed by atoms with E-state index in [0.717, 1.165) is 6.42 Å². The van der Waals surface area contributed by atoms with Crippen molar-refractivity contribution in [2.75, 3.05) is 6.61 Å². The fraction of sp³-hybridized carbons (Fsp3) is 0.923. The number of unbranched alkanes of at least 4 members (excludes halogenated alkanes) is 5. The molecule has 3 nitrogen and oxygen atoms in total. The maximum absolute atomic E-state index is 11.0. The first-order valence-electron chi connectivity index (χ1n) is 6.52. The van der Waals surface area contributed by atoms with Crippen molar-refractivity contribution in [2.24, 2.45) is 0 Å². The quantitative estimate of drug-likeness (QED) is 0.471. The van der Waals surface area contributed by atoms with E-state index >= 15 is 0 Å². The van der Waals surface area contributed by atoms with Crippen molar-refractivity contribution in [1.82, 2.24) is 0 Å². The van der Waals surface area contributed by atoms with Crippen LogP contribution in [0.4, 0.5) is 0 Å². The van der Waals surface area contributed by atoms with Crippen molar-refractivity contribution >= 4 is 5.97 Å². The largest absolute Gasteiger partial charge is 0.433 e. The van der Waals surface area contributed by atoms with Crippen molar-refractivity contribution in [3.05, 3.63) is 0 Å². The second-order valence-corrected chi connectivity index (χ2v) is 4.72. The predicted molar refractivity (Wildman–Crippen MR) is 63.1 cm³/mol. The molecule has 0 bridgehead atoms. The molecule has 16 heavy (non-hydrogen) atoms. The molecule has 1 aliphatic heterocycles. The first-order valence-corrected chi connectivity index (χ1v) is 6.52. The van der Waals surface area contributed by atoms with E-state index < -0.39 is 5.79 Å². The molecule has 0 N–H and O–H groups in total. The van der Waals surface area contributed by atoms with Crippen LogP contribution >= 0.6 is 0 Å². The topological polar surface area (TPSA) is 35.5 Å². The summed E-state index contributed by atoms with van der Waals surface area (Å²) in [5.74, 6) is -0.772. The number of hydrogen-bond acceptors (Lipinski definition) is 3. The van der Waals surface area contributed by atoms with Crippen LogP contribution in [0.5, 0.6) is 0 Å². The normalized spacial score (nSPS) is 24.8. The third-order valence-electron chi connectivity index (χ3n) is 3.02. The monoisotopic (exact) mass is 228 g/mol. The Bertz CT molecular complexity index is 215. The molecule has 1 rings (SSSR count). The second-order valence-electron chi connectivity index (χ2n) is 4.72. The summed E-state index contributed by atoms with van der Waals surface area (Å²) in [5, 5.41) is 0. The third kappa shape index (κ3) is 4.97. The number of cyclic esters (lactones) is 1. The van der Waals surface area contributed by atoms with Gasteiger partial charge in [-0.1, -0.05) is 39.0 Å². The molecule has 94 valence electrons. The molecule has 0 aromatic carbocycles. The highest BCUT2D eigenvalue weighted by molar-refractivity contribution is 5.71. The Morgan fingerprint density at radius 2 is 1.94 bits per heavy atom. The highest BCUT2D eigenvalue weighted by Gasteiger charge is 2.36. The maximum atomic E-state index is 11.0. The van der Waals surface area contributed by atoms with Gasteiger partial charge in [-0.2, -0.15) is 0 Å². The molecule has 0 saturated carbocycles. The zero-order chi connectivity index (χ0) is 11.9. The first kappa shape index (κ1) is 13.5. The first-order chi connectivity index (χ1) is 7.66. The highest BCUT2D eigenvalue weighted by atomic mass is 16.7. The molecule has 0 radical (unpaired) electrons. The van der Waals surface area contributed by atoms with E-state index in [-0.39, 0.29) is 5.97 Å². The summed E-state index contributed by atoms with van der Waals surface area (Å²) in [6.07, 6.45) is 8.69. The second kappa shape index (κ2) is 6.89. The van der Waals surface area contributed by atoms with Gasteiger partial charge in [0.25, 0.3) is 0 Å². The van der Waals surface area contributed by atoms with E-state index in [0.29, 0.717) is 19.4 Å². The number of carbonyl (C=O) groups is 1. The summed E-state index contributed by atoms with van der Waals surface area (Å²) < 4.78 is 10.8. The zero-order valence-corrected chi connectivity index (χ0v) is 10.6. The van der Waals surface area contributed by atoms with Crippen molar-refractivity contribution in [2.45, 2.75) is 71.0 Å². The van der Waals surface area contributed by atoms with Gasteiger partial charge in [0, 0.05) is 13.3 Å². The van der Waals surface area contributed by atoms with Crippen LogP contribution in [0, 0.1) is 0 Å². The fourth-order valence-corrected chi connectivity index (χ4v) is 1.94. The minimum Gasteiger partial charge on any atom is -0.433 e. The molecule has 1 fully saturated rings. The number of esters is 1. The van der Waals surface area contributed by atoms with Crippen LogP contribution in [-0.4, -0.2) is 18.4 Å². The van der Waals surface area contributed by atoms with E-state index in [1.807, 2.05) is 6.92 Å². The van der Waals surface area contributed by atoms with Gasteiger partial charge < -0.3 is 9.47 Å². The van der Waals surface area contributed by atoms with E-state index in [2.05, 4.69) is 6.92 Å². The molecule has 1 aliphatic rings. The SMILES string of the molecule is CCCCCCCCOC1(C)CCC(=O)O1. The minimum absolute atomic E-state index is 0.134. The van der Waals surface area contributed by atoms with Crippen LogP contribution in [-0.2, 0) is 14.3 Å².